The Morgan fingerprint density at radius 3 is 1.77 bits per heavy atom. The molecule has 4 heteroatoms. The second-order valence-electron chi connectivity index (χ2n) is 7.41. The van der Waals surface area contributed by atoms with Gasteiger partial charge in [0.25, 0.3) is 0 Å². The van der Waals surface area contributed by atoms with Crippen molar-refractivity contribution in [2.45, 2.75) is 32.2 Å². The first-order chi connectivity index (χ1) is 14.5. The zero-order valence-corrected chi connectivity index (χ0v) is 17.6. The second kappa shape index (κ2) is 9.88. The van der Waals surface area contributed by atoms with Gasteiger partial charge in [0, 0.05) is 6.42 Å². The number of esters is 1. The van der Waals surface area contributed by atoms with Gasteiger partial charge in [-0.25, -0.2) is 4.79 Å². The summed E-state index contributed by atoms with van der Waals surface area (Å²) in [5.41, 5.74) is 4.96. The van der Waals surface area contributed by atoms with Gasteiger partial charge >= 0.3 is 5.97 Å². The van der Waals surface area contributed by atoms with Gasteiger partial charge in [0.1, 0.15) is 6.04 Å². The van der Waals surface area contributed by atoms with Crippen LogP contribution in [0, 0.1) is 13.8 Å². The van der Waals surface area contributed by atoms with E-state index in [2.05, 4.69) is 5.32 Å². The predicted octanol–water partition coefficient (Wildman–Crippen LogP) is 4.34. The molecule has 1 amide bonds. The van der Waals surface area contributed by atoms with Crippen LogP contribution < -0.4 is 5.32 Å². The summed E-state index contributed by atoms with van der Waals surface area (Å²) in [6.07, 6.45) is 0.382. The van der Waals surface area contributed by atoms with E-state index in [0.717, 1.165) is 27.8 Å². The highest BCUT2D eigenvalue weighted by atomic mass is 16.5. The van der Waals surface area contributed by atoms with Crippen LogP contribution in [0.2, 0.25) is 0 Å². The first kappa shape index (κ1) is 21.3. The second-order valence-corrected chi connectivity index (χ2v) is 7.41. The molecule has 0 aliphatic heterocycles. The van der Waals surface area contributed by atoms with Crippen molar-refractivity contribution in [2.24, 2.45) is 0 Å². The normalized spacial score (nSPS) is 11.7. The lowest BCUT2D eigenvalue weighted by Gasteiger charge is -2.23. The molecular formula is C26H27NO3. The van der Waals surface area contributed by atoms with Crippen LogP contribution >= 0.6 is 0 Å². The van der Waals surface area contributed by atoms with Gasteiger partial charge in [-0.2, -0.15) is 0 Å². The molecule has 0 aliphatic rings. The van der Waals surface area contributed by atoms with E-state index in [-0.39, 0.29) is 5.91 Å². The van der Waals surface area contributed by atoms with Crippen LogP contribution in [-0.2, 0) is 20.7 Å². The highest BCUT2D eigenvalue weighted by Gasteiger charge is 2.29. The van der Waals surface area contributed by atoms with Crippen molar-refractivity contribution in [3.63, 3.8) is 0 Å². The van der Waals surface area contributed by atoms with Gasteiger partial charge in [-0.3, -0.25) is 4.79 Å². The molecular weight excluding hydrogens is 374 g/mol. The Morgan fingerprint density at radius 1 is 0.800 bits per heavy atom. The molecule has 0 fully saturated rings. The maximum atomic E-state index is 13.4. The molecule has 0 saturated heterocycles. The summed E-state index contributed by atoms with van der Waals surface area (Å²) in [7, 11) is 1.35. The van der Waals surface area contributed by atoms with E-state index in [4.69, 9.17) is 4.74 Å². The van der Waals surface area contributed by atoms with Crippen molar-refractivity contribution in [3.05, 3.63) is 107 Å². The quantitative estimate of drug-likeness (QED) is 0.600. The molecule has 0 aliphatic carbocycles. The Kier molecular flexibility index (Phi) is 7.02. The van der Waals surface area contributed by atoms with E-state index < -0.39 is 17.9 Å². The highest BCUT2D eigenvalue weighted by molar-refractivity contribution is 5.91. The summed E-state index contributed by atoms with van der Waals surface area (Å²) in [6.45, 7) is 4.02. The van der Waals surface area contributed by atoms with E-state index in [9.17, 15) is 9.59 Å². The molecule has 3 rings (SSSR count). The number of benzene rings is 3. The highest BCUT2D eigenvalue weighted by Crippen LogP contribution is 2.25. The number of hydrogen-bond donors (Lipinski definition) is 1. The fourth-order valence-corrected chi connectivity index (χ4v) is 3.75. The monoisotopic (exact) mass is 401 g/mol. The zero-order chi connectivity index (χ0) is 21.5. The van der Waals surface area contributed by atoms with E-state index in [1.807, 2.05) is 92.7 Å². The molecule has 154 valence electrons. The molecule has 4 nitrogen and oxygen atoms in total. The summed E-state index contributed by atoms with van der Waals surface area (Å²) < 4.78 is 5.00. The minimum absolute atomic E-state index is 0.228. The molecule has 0 bridgehead atoms. The smallest absolute Gasteiger partial charge is 0.328 e. The third kappa shape index (κ3) is 4.95. The number of rotatable bonds is 7. The average Bonchev–Trinajstić information content (AvgIpc) is 2.76. The third-order valence-corrected chi connectivity index (χ3v) is 5.38. The first-order valence-corrected chi connectivity index (χ1v) is 10.0. The summed E-state index contributed by atoms with van der Waals surface area (Å²) in [5, 5.41) is 2.95. The van der Waals surface area contributed by atoms with Crippen LogP contribution in [0.4, 0.5) is 0 Å². The Bertz CT molecular complexity index is 940. The van der Waals surface area contributed by atoms with Gasteiger partial charge in [-0.15, -0.1) is 0 Å². The maximum absolute atomic E-state index is 13.4. The van der Waals surface area contributed by atoms with E-state index >= 15 is 0 Å². The maximum Gasteiger partial charge on any atom is 0.328 e. The zero-order valence-electron chi connectivity index (χ0n) is 17.6. The standard InChI is InChI=1S/C26H27NO3/c1-18-11-10-12-19(2)22(18)17-23(26(29)30-3)27-25(28)24(20-13-6-4-7-14-20)21-15-8-5-9-16-21/h4-16,23-24H,17H2,1-3H3,(H,27,28)/t23-/m1/s1. The van der Waals surface area contributed by atoms with Crippen LogP contribution in [-0.4, -0.2) is 25.0 Å². The van der Waals surface area contributed by atoms with Gasteiger partial charge in [0.05, 0.1) is 13.0 Å². The van der Waals surface area contributed by atoms with Crippen LogP contribution in [0.15, 0.2) is 78.9 Å². The van der Waals surface area contributed by atoms with E-state index in [0.29, 0.717) is 6.42 Å². The van der Waals surface area contributed by atoms with Gasteiger partial charge < -0.3 is 10.1 Å². The number of amides is 1. The summed E-state index contributed by atoms with van der Waals surface area (Å²) in [4.78, 5) is 25.9. The number of hydrogen-bond acceptors (Lipinski definition) is 3. The predicted molar refractivity (Wildman–Crippen MR) is 118 cm³/mol. The Hall–Kier alpha value is -3.40. The van der Waals surface area contributed by atoms with Crippen LogP contribution in [0.5, 0.6) is 0 Å². The van der Waals surface area contributed by atoms with Gasteiger partial charge in [0.2, 0.25) is 5.91 Å². The molecule has 30 heavy (non-hydrogen) atoms. The molecule has 3 aromatic rings. The molecule has 0 aromatic heterocycles. The van der Waals surface area contributed by atoms with Gasteiger partial charge in [-0.05, 0) is 41.7 Å². The van der Waals surface area contributed by atoms with E-state index in [1.54, 1.807) is 0 Å². The minimum Gasteiger partial charge on any atom is -0.467 e. The molecule has 3 aromatic carbocycles. The molecule has 0 saturated carbocycles. The topological polar surface area (TPSA) is 55.4 Å². The third-order valence-electron chi connectivity index (χ3n) is 5.38. The van der Waals surface area contributed by atoms with Crippen molar-refractivity contribution >= 4 is 11.9 Å². The SMILES string of the molecule is COC(=O)[C@@H](Cc1c(C)cccc1C)NC(=O)C(c1ccccc1)c1ccccc1. The Balaban J connectivity index is 1.92. The lowest BCUT2D eigenvalue weighted by atomic mass is 9.89. The van der Waals surface area contributed by atoms with Crippen molar-refractivity contribution < 1.29 is 14.3 Å². The fraction of sp³-hybridized carbons (Fsp3) is 0.231. The van der Waals surface area contributed by atoms with Crippen LogP contribution in [0.3, 0.4) is 0 Å². The summed E-state index contributed by atoms with van der Waals surface area (Å²) in [5.74, 6) is -1.20. The first-order valence-electron chi connectivity index (χ1n) is 10.0. The van der Waals surface area contributed by atoms with Gasteiger partial charge in [0.15, 0.2) is 0 Å². The largest absolute Gasteiger partial charge is 0.467 e. The van der Waals surface area contributed by atoms with E-state index in [1.165, 1.54) is 7.11 Å². The van der Waals surface area contributed by atoms with Crippen LogP contribution in [0.1, 0.15) is 33.7 Å². The number of aryl methyl sites for hydroxylation is 2. The summed E-state index contributed by atoms with van der Waals surface area (Å²) >= 11 is 0. The number of carbonyl (C=O) groups excluding carboxylic acids is 2. The molecule has 1 N–H and O–H groups in total. The number of carbonyl (C=O) groups is 2. The van der Waals surface area contributed by atoms with Crippen LogP contribution in [0.25, 0.3) is 0 Å². The summed E-state index contributed by atoms with van der Waals surface area (Å²) in [6, 6.07) is 24.4. The van der Waals surface area contributed by atoms with Crippen molar-refractivity contribution in [1.82, 2.24) is 5.32 Å². The fourth-order valence-electron chi connectivity index (χ4n) is 3.75. The molecule has 0 unspecified atom stereocenters. The lowest BCUT2D eigenvalue weighted by molar-refractivity contribution is -0.145. The molecule has 0 radical (unpaired) electrons. The average molecular weight is 402 g/mol. The minimum atomic E-state index is -0.766. The van der Waals surface area contributed by atoms with Gasteiger partial charge in [-0.1, -0.05) is 78.9 Å². The van der Waals surface area contributed by atoms with Crippen molar-refractivity contribution in [2.75, 3.05) is 7.11 Å². The van der Waals surface area contributed by atoms with Crippen molar-refractivity contribution in [3.8, 4) is 0 Å². The lowest BCUT2D eigenvalue weighted by Crippen LogP contribution is -2.45. The molecule has 0 heterocycles. The Morgan fingerprint density at radius 2 is 1.30 bits per heavy atom. The number of ether oxygens (including phenoxy) is 1. The number of methoxy groups -OCH3 is 1. The number of nitrogens with one attached hydrogen (secondary N) is 1. The Labute approximate surface area is 177 Å². The molecule has 1 atom stereocenters. The molecule has 0 spiro atoms. The van der Waals surface area contributed by atoms with Crippen molar-refractivity contribution in [1.29, 1.82) is 0 Å².